The van der Waals surface area contributed by atoms with Gasteiger partial charge < -0.3 is 14.7 Å². The summed E-state index contributed by atoms with van der Waals surface area (Å²) in [6.07, 6.45) is 2.68. The summed E-state index contributed by atoms with van der Waals surface area (Å²) in [5.41, 5.74) is 0.0510. The van der Waals surface area contributed by atoms with Crippen molar-refractivity contribution in [2.24, 2.45) is 0 Å². The number of anilines is 1. The molecule has 0 saturated carbocycles. The second kappa shape index (κ2) is 5.40. The summed E-state index contributed by atoms with van der Waals surface area (Å²) in [5, 5.41) is 15.3. The molecule has 0 unspecified atom stereocenters. The fourth-order valence-electron chi connectivity index (χ4n) is 2.76. The third kappa shape index (κ3) is 2.68. The van der Waals surface area contributed by atoms with Gasteiger partial charge in [-0.15, -0.1) is 0 Å². The molecule has 0 bridgehead atoms. The van der Waals surface area contributed by atoms with E-state index in [0.29, 0.717) is 43.5 Å². The maximum absolute atomic E-state index is 10.7. The minimum absolute atomic E-state index is 0.399. The molecule has 0 aromatic carbocycles. The monoisotopic (exact) mass is 311 g/mol. The molecule has 1 N–H and O–H groups in total. The van der Waals surface area contributed by atoms with E-state index in [0.717, 1.165) is 11.4 Å². The summed E-state index contributed by atoms with van der Waals surface area (Å²) in [4.78, 5) is 10.2. The molecule has 0 radical (unpaired) electrons. The Kier molecular flexibility index (Phi) is 3.73. The number of rotatable bonds is 3. The Morgan fingerprint density at radius 2 is 2.19 bits per heavy atom. The third-order valence-electron chi connectivity index (χ3n) is 3.89. The highest BCUT2D eigenvalue weighted by Crippen LogP contribution is 2.28. The molecular formula is C13H18ClN5O2. The zero-order valence-electron chi connectivity index (χ0n) is 12.1. The molecule has 21 heavy (non-hydrogen) atoms. The quantitative estimate of drug-likeness (QED) is 0.854. The fraction of sp³-hybridized carbons (Fsp3) is 0.615. The Morgan fingerprint density at radius 3 is 2.90 bits per heavy atom. The molecule has 0 amide bonds. The Morgan fingerprint density at radius 1 is 1.48 bits per heavy atom. The topological polar surface area (TPSA) is 75.8 Å². The standard InChI is InChI=1S/C13H18ClN5O2/c1-9-10(14)17-12-15-8-16-19(12)11(9)18(2)7-13(20)3-5-21-6-4-13/h8,20H,3-7H2,1-2H3. The van der Waals surface area contributed by atoms with Gasteiger partial charge in [0.25, 0.3) is 5.78 Å². The van der Waals surface area contributed by atoms with Crippen molar-refractivity contribution in [1.29, 1.82) is 0 Å². The number of fused-ring (bicyclic) bond motifs is 1. The summed E-state index contributed by atoms with van der Waals surface area (Å²) in [5.74, 6) is 1.24. The average molecular weight is 312 g/mol. The van der Waals surface area contributed by atoms with Crippen LogP contribution < -0.4 is 4.90 Å². The van der Waals surface area contributed by atoms with E-state index in [1.807, 2.05) is 18.9 Å². The van der Waals surface area contributed by atoms with Gasteiger partial charge in [-0.2, -0.15) is 19.6 Å². The van der Waals surface area contributed by atoms with Crippen LogP contribution >= 0.6 is 11.6 Å². The maximum Gasteiger partial charge on any atom is 0.255 e. The summed E-state index contributed by atoms with van der Waals surface area (Å²) < 4.78 is 6.96. The van der Waals surface area contributed by atoms with Crippen molar-refractivity contribution in [3.8, 4) is 0 Å². The molecule has 3 heterocycles. The first-order valence-corrected chi connectivity index (χ1v) is 7.25. The van der Waals surface area contributed by atoms with Gasteiger partial charge in [0.2, 0.25) is 0 Å². The molecule has 2 aromatic rings. The lowest BCUT2D eigenvalue weighted by atomic mass is 9.94. The second-order valence-electron chi connectivity index (χ2n) is 5.52. The van der Waals surface area contributed by atoms with E-state index in [-0.39, 0.29) is 0 Å². The van der Waals surface area contributed by atoms with Crippen LogP contribution in [-0.4, -0.2) is 57.1 Å². The van der Waals surface area contributed by atoms with E-state index >= 15 is 0 Å². The first kappa shape index (κ1) is 14.5. The second-order valence-corrected chi connectivity index (χ2v) is 5.87. The molecule has 114 valence electrons. The van der Waals surface area contributed by atoms with Crippen LogP contribution in [0.15, 0.2) is 6.33 Å². The van der Waals surface area contributed by atoms with Crippen molar-refractivity contribution in [2.45, 2.75) is 25.4 Å². The predicted molar refractivity (Wildman–Crippen MR) is 78.8 cm³/mol. The van der Waals surface area contributed by atoms with Crippen LogP contribution in [0.4, 0.5) is 5.82 Å². The van der Waals surface area contributed by atoms with Gasteiger partial charge in [0.05, 0.1) is 5.60 Å². The molecule has 7 nitrogen and oxygen atoms in total. The SMILES string of the molecule is Cc1c(Cl)nc2ncnn2c1N(C)CC1(O)CCOCC1. The molecule has 2 aromatic heterocycles. The smallest absolute Gasteiger partial charge is 0.255 e. The number of likely N-dealkylation sites (N-methyl/N-ethyl adjacent to an activating group) is 1. The van der Waals surface area contributed by atoms with Crippen molar-refractivity contribution in [3.63, 3.8) is 0 Å². The van der Waals surface area contributed by atoms with E-state index < -0.39 is 5.60 Å². The van der Waals surface area contributed by atoms with Gasteiger partial charge in [0, 0.05) is 45.2 Å². The highest BCUT2D eigenvalue weighted by Gasteiger charge is 2.32. The zero-order chi connectivity index (χ0) is 15.0. The van der Waals surface area contributed by atoms with Gasteiger partial charge in [-0.25, -0.2) is 0 Å². The Balaban J connectivity index is 1.95. The van der Waals surface area contributed by atoms with Crippen LogP contribution in [0.25, 0.3) is 5.78 Å². The van der Waals surface area contributed by atoms with Gasteiger partial charge >= 0.3 is 0 Å². The van der Waals surface area contributed by atoms with Gasteiger partial charge in [0.1, 0.15) is 17.3 Å². The van der Waals surface area contributed by atoms with E-state index in [1.54, 1.807) is 4.52 Å². The molecule has 0 aliphatic carbocycles. The molecule has 0 spiro atoms. The van der Waals surface area contributed by atoms with Crippen LogP contribution in [0.1, 0.15) is 18.4 Å². The average Bonchev–Trinajstić information content (AvgIpc) is 2.87. The number of halogens is 1. The molecule has 3 rings (SSSR count). The van der Waals surface area contributed by atoms with E-state index in [1.165, 1.54) is 6.33 Å². The minimum atomic E-state index is -0.762. The van der Waals surface area contributed by atoms with E-state index in [2.05, 4.69) is 15.1 Å². The van der Waals surface area contributed by atoms with Crippen molar-refractivity contribution >= 4 is 23.2 Å². The molecule has 1 aliphatic heterocycles. The number of hydrogen-bond acceptors (Lipinski definition) is 6. The lowest BCUT2D eigenvalue weighted by Gasteiger charge is -2.36. The van der Waals surface area contributed by atoms with Gasteiger partial charge in [-0.1, -0.05) is 11.6 Å². The third-order valence-corrected chi connectivity index (χ3v) is 4.26. The first-order chi connectivity index (χ1) is 10.0. The van der Waals surface area contributed by atoms with Crippen molar-refractivity contribution in [3.05, 3.63) is 17.0 Å². The molecular weight excluding hydrogens is 294 g/mol. The van der Waals surface area contributed by atoms with Crippen LogP contribution in [-0.2, 0) is 4.74 Å². The van der Waals surface area contributed by atoms with Gasteiger partial charge in [-0.3, -0.25) is 0 Å². The largest absolute Gasteiger partial charge is 0.388 e. The highest BCUT2D eigenvalue weighted by atomic mass is 35.5. The van der Waals surface area contributed by atoms with Crippen LogP contribution in [0.2, 0.25) is 5.15 Å². The van der Waals surface area contributed by atoms with E-state index in [4.69, 9.17) is 16.3 Å². The Hall–Kier alpha value is -1.44. The number of aliphatic hydroxyl groups is 1. The maximum atomic E-state index is 10.7. The predicted octanol–water partition coefficient (Wildman–Crippen LogP) is 1.06. The van der Waals surface area contributed by atoms with Crippen LogP contribution in [0.5, 0.6) is 0 Å². The number of aromatic nitrogens is 4. The normalized spacial score (nSPS) is 18.1. The highest BCUT2D eigenvalue weighted by molar-refractivity contribution is 6.30. The fourth-order valence-corrected chi connectivity index (χ4v) is 2.92. The zero-order valence-corrected chi connectivity index (χ0v) is 12.8. The molecule has 1 aliphatic rings. The lowest BCUT2D eigenvalue weighted by Crippen LogP contribution is -2.46. The van der Waals surface area contributed by atoms with Crippen molar-refractivity contribution < 1.29 is 9.84 Å². The van der Waals surface area contributed by atoms with E-state index in [9.17, 15) is 5.11 Å². The van der Waals surface area contributed by atoms with Crippen LogP contribution in [0.3, 0.4) is 0 Å². The number of ether oxygens (including phenoxy) is 1. The van der Waals surface area contributed by atoms with Gasteiger partial charge in [0.15, 0.2) is 0 Å². The molecule has 1 saturated heterocycles. The lowest BCUT2D eigenvalue weighted by molar-refractivity contribution is -0.0573. The molecule has 0 atom stereocenters. The first-order valence-electron chi connectivity index (χ1n) is 6.87. The summed E-state index contributed by atoms with van der Waals surface area (Å²) >= 11 is 6.17. The molecule has 8 heteroatoms. The number of hydrogen-bond donors (Lipinski definition) is 1. The van der Waals surface area contributed by atoms with Crippen molar-refractivity contribution in [2.75, 3.05) is 31.7 Å². The summed E-state index contributed by atoms with van der Waals surface area (Å²) in [6, 6.07) is 0. The minimum Gasteiger partial charge on any atom is -0.388 e. The summed E-state index contributed by atoms with van der Waals surface area (Å²) in [6.45, 7) is 3.53. The number of nitrogens with zero attached hydrogens (tertiary/aromatic N) is 5. The summed E-state index contributed by atoms with van der Waals surface area (Å²) in [7, 11) is 1.91. The van der Waals surface area contributed by atoms with Crippen molar-refractivity contribution in [1.82, 2.24) is 19.6 Å². The van der Waals surface area contributed by atoms with Gasteiger partial charge in [-0.05, 0) is 6.92 Å². The Bertz CT molecular complexity index is 653. The Labute approximate surface area is 127 Å². The molecule has 1 fully saturated rings. The van der Waals surface area contributed by atoms with Crippen LogP contribution in [0, 0.1) is 6.92 Å².